The number of hydrogen-bond acceptors (Lipinski definition) is 6. The first-order valence-corrected chi connectivity index (χ1v) is 11.7. The molecule has 0 fully saturated rings. The van der Waals surface area contributed by atoms with Crippen LogP contribution in [0.4, 0.5) is 5.13 Å². The molecule has 3 heterocycles. The van der Waals surface area contributed by atoms with Crippen LogP contribution in [-0.2, 0) is 0 Å². The zero-order valence-electron chi connectivity index (χ0n) is 18.8. The summed E-state index contributed by atoms with van der Waals surface area (Å²) in [5.41, 5.74) is 4.27. The van der Waals surface area contributed by atoms with Gasteiger partial charge >= 0.3 is 0 Å². The van der Waals surface area contributed by atoms with Gasteiger partial charge in [0, 0.05) is 0 Å². The van der Waals surface area contributed by atoms with E-state index in [2.05, 4.69) is 12.1 Å². The smallest absolute Gasteiger partial charge is 0.297 e. The Morgan fingerprint density at radius 1 is 1.03 bits per heavy atom. The quantitative estimate of drug-likeness (QED) is 0.336. The molecule has 3 aromatic carbocycles. The molecule has 168 valence electrons. The summed E-state index contributed by atoms with van der Waals surface area (Å²) in [7, 11) is 1.59. The number of benzene rings is 3. The highest BCUT2D eigenvalue weighted by atomic mass is 32.1. The molecule has 1 atom stereocenters. The molecule has 0 radical (unpaired) electrons. The molecule has 0 aliphatic carbocycles. The van der Waals surface area contributed by atoms with Gasteiger partial charge < -0.3 is 9.15 Å². The Kier molecular flexibility index (Phi) is 4.57. The third-order valence-corrected chi connectivity index (χ3v) is 7.21. The van der Waals surface area contributed by atoms with Crippen molar-refractivity contribution in [2.75, 3.05) is 12.0 Å². The van der Waals surface area contributed by atoms with E-state index in [1.165, 1.54) is 11.3 Å². The first-order valence-electron chi connectivity index (χ1n) is 10.9. The van der Waals surface area contributed by atoms with Crippen molar-refractivity contribution in [3.8, 4) is 5.75 Å². The van der Waals surface area contributed by atoms with Gasteiger partial charge in [-0.1, -0.05) is 41.7 Å². The van der Waals surface area contributed by atoms with Gasteiger partial charge in [-0.15, -0.1) is 0 Å². The van der Waals surface area contributed by atoms with E-state index >= 15 is 0 Å². The van der Waals surface area contributed by atoms with Crippen LogP contribution >= 0.6 is 11.3 Å². The molecule has 7 heteroatoms. The largest absolute Gasteiger partial charge is 0.497 e. The van der Waals surface area contributed by atoms with E-state index in [9.17, 15) is 9.59 Å². The second-order valence-corrected chi connectivity index (χ2v) is 9.46. The summed E-state index contributed by atoms with van der Waals surface area (Å²) in [4.78, 5) is 33.9. The number of aryl methyl sites for hydroxylation is 2. The second-order valence-electron chi connectivity index (χ2n) is 8.45. The summed E-state index contributed by atoms with van der Waals surface area (Å²) < 4.78 is 12.4. The topological polar surface area (TPSA) is 72.6 Å². The van der Waals surface area contributed by atoms with Crippen LogP contribution in [0.2, 0.25) is 0 Å². The molecular weight excluding hydrogens is 448 g/mol. The van der Waals surface area contributed by atoms with Crippen LogP contribution < -0.4 is 15.1 Å². The average molecular weight is 469 g/mol. The number of carbonyl (C=O) groups is 1. The molecule has 0 unspecified atom stereocenters. The average Bonchev–Trinajstić information content (AvgIpc) is 3.38. The highest BCUT2D eigenvalue weighted by Crippen LogP contribution is 2.44. The van der Waals surface area contributed by atoms with Crippen LogP contribution in [0.3, 0.4) is 0 Å². The Morgan fingerprint density at radius 3 is 2.68 bits per heavy atom. The molecule has 6 nitrogen and oxygen atoms in total. The van der Waals surface area contributed by atoms with E-state index in [-0.39, 0.29) is 17.1 Å². The number of aromatic nitrogens is 1. The van der Waals surface area contributed by atoms with Crippen LogP contribution in [0, 0.1) is 13.8 Å². The molecule has 6 rings (SSSR count). The summed E-state index contributed by atoms with van der Waals surface area (Å²) in [6.07, 6.45) is 0. The number of hydrogen-bond donors (Lipinski definition) is 0. The zero-order valence-corrected chi connectivity index (χ0v) is 19.6. The molecule has 0 saturated heterocycles. The normalized spacial score (nSPS) is 15.3. The second kappa shape index (κ2) is 7.53. The number of rotatable bonds is 3. The Bertz CT molecular complexity index is 1680. The number of carbonyl (C=O) groups excluding carboxylic acids is 1. The maximum Gasteiger partial charge on any atom is 0.297 e. The molecule has 0 saturated carbocycles. The number of para-hydroxylation sites is 1. The molecule has 34 heavy (non-hydrogen) atoms. The number of amides is 1. The van der Waals surface area contributed by atoms with Gasteiger partial charge in [0.15, 0.2) is 10.6 Å². The van der Waals surface area contributed by atoms with Crippen LogP contribution in [-0.4, -0.2) is 18.0 Å². The summed E-state index contributed by atoms with van der Waals surface area (Å²) in [6, 6.07) is 17.9. The van der Waals surface area contributed by atoms with Crippen molar-refractivity contribution in [3.63, 3.8) is 0 Å². The van der Waals surface area contributed by atoms with E-state index in [1.807, 2.05) is 38.1 Å². The van der Waals surface area contributed by atoms with E-state index in [0.717, 1.165) is 26.9 Å². The highest BCUT2D eigenvalue weighted by Gasteiger charge is 2.45. The zero-order chi connectivity index (χ0) is 23.6. The number of ether oxygens (including phenoxy) is 1. The van der Waals surface area contributed by atoms with Gasteiger partial charge in [0.25, 0.3) is 5.91 Å². The van der Waals surface area contributed by atoms with Crippen molar-refractivity contribution in [1.29, 1.82) is 0 Å². The molecule has 1 aliphatic heterocycles. The van der Waals surface area contributed by atoms with Crippen LogP contribution in [0.5, 0.6) is 5.75 Å². The molecule has 0 spiro atoms. The van der Waals surface area contributed by atoms with Crippen LogP contribution in [0.15, 0.2) is 69.9 Å². The lowest BCUT2D eigenvalue weighted by Gasteiger charge is -2.22. The standard InChI is InChI=1S/C27H20N2O4S/c1-14-11-15(2)22-20(12-14)34-27(28-22)29-23(16-7-6-8-17(13-16)32-3)21-24(30)18-9-4-5-10-19(18)33-25(21)26(29)31/h4-13,23H,1-3H3/t23-/m0/s1. The third kappa shape index (κ3) is 2.97. The van der Waals surface area contributed by atoms with Gasteiger partial charge in [-0.3, -0.25) is 14.5 Å². The molecule has 0 N–H and O–H groups in total. The van der Waals surface area contributed by atoms with Crippen molar-refractivity contribution < 1.29 is 13.9 Å². The lowest BCUT2D eigenvalue weighted by molar-refractivity contribution is 0.0971. The molecular formula is C27H20N2O4S. The van der Waals surface area contributed by atoms with Crippen molar-refractivity contribution >= 4 is 43.6 Å². The van der Waals surface area contributed by atoms with E-state index in [4.69, 9.17) is 14.1 Å². The highest BCUT2D eigenvalue weighted by molar-refractivity contribution is 7.22. The Balaban J connectivity index is 1.65. The summed E-state index contributed by atoms with van der Waals surface area (Å²) in [6.45, 7) is 4.05. The number of fused-ring (bicyclic) bond motifs is 3. The summed E-state index contributed by atoms with van der Waals surface area (Å²) in [5, 5.41) is 0.968. The van der Waals surface area contributed by atoms with Crippen molar-refractivity contribution in [2.24, 2.45) is 0 Å². The lowest BCUT2D eigenvalue weighted by atomic mass is 9.98. The first kappa shape index (κ1) is 20.6. The van der Waals surface area contributed by atoms with Gasteiger partial charge in [0.2, 0.25) is 5.76 Å². The Hall–Kier alpha value is -3.97. The number of anilines is 1. The fourth-order valence-electron chi connectivity index (χ4n) is 4.71. The summed E-state index contributed by atoms with van der Waals surface area (Å²) >= 11 is 1.43. The van der Waals surface area contributed by atoms with Gasteiger partial charge in [0.05, 0.1) is 34.3 Å². The predicted octanol–water partition coefficient (Wildman–Crippen LogP) is 5.78. The molecule has 5 aromatic rings. The number of thiazole rings is 1. The van der Waals surface area contributed by atoms with Crippen molar-refractivity contribution in [3.05, 3.63) is 98.9 Å². The Labute approximate surface area is 199 Å². The fraction of sp³-hybridized carbons (Fsp3) is 0.148. The van der Waals surface area contributed by atoms with Gasteiger partial charge in [-0.05, 0) is 60.9 Å². The third-order valence-electron chi connectivity index (χ3n) is 6.21. The predicted molar refractivity (Wildman–Crippen MR) is 133 cm³/mol. The number of nitrogens with zero attached hydrogens (tertiary/aromatic N) is 2. The lowest BCUT2D eigenvalue weighted by Crippen LogP contribution is -2.29. The minimum atomic E-state index is -0.680. The molecule has 2 aromatic heterocycles. The van der Waals surface area contributed by atoms with Gasteiger partial charge in [-0.2, -0.15) is 0 Å². The summed E-state index contributed by atoms with van der Waals surface area (Å²) in [5.74, 6) is 0.321. The molecule has 0 bridgehead atoms. The van der Waals surface area contributed by atoms with Crippen molar-refractivity contribution in [1.82, 2.24) is 4.98 Å². The van der Waals surface area contributed by atoms with Crippen LogP contribution in [0.25, 0.3) is 21.2 Å². The first-order chi connectivity index (χ1) is 16.5. The monoisotopic (exact) mass is 468 g/mol. The van der Waals surface area contributed by atoms with E-state index < -0.39 is 6.04 Å². The van der Waals surface area contributed by atoms with Gasteiger partial charge in [-0.25, -0.2) is 4.98 Å². The fourth-order valence-corrected chi connectivity index (χ4v) is 5.87. The molecule has 1 amide bonds. The minimum Gasteiger partial charge on any atom is -0.497 e. The Morgan fingerprint density at radius 2 is 1.85 bits per heavy atom. The maximum absolute atomic E-state index is 13.8. The maximum atomic E-state index is 13.8. The molecule has 1 aliphatic rings. The SMILES string of the molecule is COc1cccc([C@H]2c3c(oc4ccccc4c3=O)C(=O)N2c2nc3c(C)cc(C)cc3s2)c1. The number of methoxy groups -OCH3 is 1. The van der Waals surface area contributed by atoms with Gasteiger partial charge in [0.1, 0.15) is 11.3 Å². The van der Waals surface area contributed by atoms with Crippen LogP contribution in [0.1, 0.15) is 38.9 Å². The minimum absolute atomic E-state index is 0.0590. The van der Waals surface area contributed by atoms with Crippen molar-refractivity contribution in [2.45, 2.75) is 19.9 Å². The van der Waals surface area contributed by atoms with E-state index in [1.54, 1.807) is 36.3 Å². The van der Waals surface area contributed by atoms with E-state index in [0.29, 0.717) is 27.4 Å².